The number of carboxylic acid groups (broad SMARTS) is 1. The van der Waals surface area contributed by atoms with Crippen LogP contribution in [0.15, 0.2) is 43.0 Å². The topological polar surface area (TPSA) is 78.9 Å². The van der Waals surface area contributed by atoms with E-state index < -0.39 is 18.1 Å². The highest BCUT2D eigenvalue weighted by Gasteiger charge is 2.47. The second-order valence-electron chi connectivity index (χ2n) is 5.56. The summed E-state index contributed by atoms with van der Waals surface area (Å²) < 4.78 is 4.80. The number of allylic oxidation sites excluding steroid dienone is 1. The van der Waals surface area contributed by atoms with Crippen molar-refractivity contribution in [3.05, 3.63) is 48.6 Å². The number of nitrogens with zero attached hydrogens (tertiary/aromatic N) is 1. The van der Waals surface area contributed by atoms with Crippen LogP contribution in [-0.2, 0) is 16.1 Å². The van der Waals surface area contributed by atoms with Gasteiger partial charge in [-0.15, -0.1) is 6.58 Å². The lowest BCUT2D eigenvalue weighted by atomic mass is 9.92. The molecule has 23 heavy (non-hydrogen) atoms. The maximum absolute atomic E-state index is 12.0. The molecule has 1 aliphatic rings. The Kier molecular flexibility index (Phi) is 5.76. The second-order valence-corrected chi connectivity index (χ2v) is 5.56. The number of hydrogen-bond acceptors (Lipinski definition) is 4. The zero-order valence-corrected chi connectivity index (χ0v) is 13.1. The Morgan fingerprint density at radius 1 is 1.43 bits per heavy atom. The van der Waals surface area contributed by atoms with E-state index in [1.807, 2.05) is 30.3 Å². The number of amides is 1. The Hall–Kier alpha value is -2.34. The van der Waals surface area contributed by atoms with Gasteiger partial charge < -0.3 is 15.2 Å². The lowest BCUT2D eigenvalue weighted by Crippen LogP contribution is -2.43. The van der Waals surface area contributed by atoms with Gasteiger partial charge in [-0.05, 0) is 12.0 Å². The van der Waals surface area contributed by atoms with Crippen molar-refractivity contribution in [2.75, 3.05) is 13.7 Å². The molecule has 1 aliphatic heterocycles. The molecule has 3 unspecified atom stereocenters. The van der Waals surface area contributed by atoms with Crippen molar-refractivity contribution < 1.29 is 19.4 Å². The molecule has 2 rings (SSSR count). The number of nitrogens with one attached hydrogen (secondary N) is 1. The molecule has 1 heterocycles. The first kappa shape index (κ1) is 17.0. The molecule has 1 amide bonds. The lowest BCUT2D eigenvalue weighted by molar-refractivity contribution is -0.146. The van der Waals surface area contributed by atoms with Crippen LogP contribution in [0.2, 0.25) is 0 Å². The molecule has 3 atom stereocenters. The summed E-state index contributed by atoms with van der Waals surface area (Å²) in [6.07, 6.45) is 1.14. The molecule has 1 fully saturated rings. The smallest absolute Gasteiger partial charge is 0.408 e. The van der Waals surface area contributed by atoms with Crippen molar-refractivity contribution in [2.45, 2.75) is 25.0 Å². The molecule has 0 radical (unpaired) electrons. The number of esters is 1. The number of hydrogen-bond donors (Lipinski definition) is 2. The predicted molar refractivity (Wildman–Crippen MR) is 85.9 cm³/mol. The number of rotatable bonds is 6. The first-order chi connectivity index (χ1) is 11.1. The highest BCUT2D eigenvalue weighted by molar-refractivity contribution is 5.82. The fraction of sp³-hybridized carbons (Fsp3) is 0.412. The van der Waals surface area contributed by atoms with Crippen molar-refractivity contribution in [1.29, 1.82) is 0 Å². The van der Waals surface area contributed by atoms with Crippen LogP contribution in [0, 0.1) is 5.92 Å². The zero-order valence-electron chi connectivity index (χ0n) is 13.1. The van der Waals surface area contributed by atoms with Crippen LogP contribution in [0.3, 0.4) is 0 Å². The summed E-state index contributed by atoms with van der Waals surface area (Å²) in [4.78, 5) is 24.7. The van der Waals surface area contributed by atoms with Crippen molar-refractivity contribution >= 4 is 12.1 Å². The Balaban J connectivity index is 2.15. The average molecular weight is 318 g/mol. The van der Waals surface area contributed by atoms with Gasteiger partial charge >= 0.3 is 12.1 Å². The van der Waals surface area contributed by atoms with E-state index in [4.69, 9.17) is 4.74 Å². The van der Waals surface area contributed by atoms with Gasteiger partial charge in [-0.25, -0.2) is 9.59 Å². The molecule has 0 aromatic heterocycles. The normalized spacial score (nSPS) is 23.5. The number of benzene rings is 1. The summed E-state index contributed by atoms with van der Waals surface area (Å²) in [5.41, 5.74) is 1.10. The van der Waals surface area contributed by atoms with Gasteiger partial charge in [0.25, 0.3) is 0 Å². The van der Waals surface area contributed by atoms with E-state index in [1.54, 1.807) is 6.08 Å². The van der Waals surface area contributed by atoms with Gasteiger partial charge in [0, 0.05) is 25.0 Å². The molecule has 1 saturated heterocycles. The quantitative estimate of drug-likeness (QED) is 0.618. The minimum Gasteiger partial charge on any atom is -0.467 e. The second kappa shape index (κ2) is 7.78. The highest BCUT2D eigenvalue weighted by atomic mass is 16.5. The Bertz CT molecular complexity index is 561. The molecular weight excluding hydrogens is 296 g/mol. The van der Waals surface area contributed by atoms with Crippen LogP contribution in [0.4, 0.5) is 4.79 Å². The van der Waals surface area contributed by atoms with Gasteiger partial charge in [0.05, 0.1) is 7.11 Å². The average Bonchev–Trinajstić information content (AvgIpc) is 2.92. The number of likely N-dealkylation sites (tertiary alicyclic amines) is 1. The minimum absolute atomic E-state index is 0.131. The number of ether oxygens (including phenoxy) is 1. The fourth-order valence-corrected chi connectivity index (χ4v) is 3.08. The summed E-state index contributed by atoms with van der Waals surface area (Å²) in [6, 6.07) is 8.91. The largest absolute Gasteiger partial charge is 0.467 e. The van der Waals surface area contributed by atoms with E-state index in [0.717, 1.165) is 10.5 Å². The van der Waals surface area contributed by atoms with Gasteiger partial charge in [0.15, 0.2) is 0 Å². The van der Waals surface area contributed by atoms with Crippen LogP contribution in [-0.4, -0.2) is 47.8 Å². The summed E-state index contributed by atoms with van der Waals surface area (Å²) in [6.45, 7) is 4.58. The molecule has 1 aromatic carbocycles. The first-order valence-corrected chi connectivity index (χ1v) is 7.54. The van der Waals surface area contributed by atoms with E-state index in [1.165, 1.54) is 7.11 Å². The van der Waals surface area contributed by atoms with E-state index in [9.17, 15) is 14.7 Å². The molecule has 6 heteroatoms. The van der Waals surface area contributed by atoms with E-state index >= 15 is 0 Å². The number of carbonyl (C=O) groups is 2. The third kappa shape index (κ3) is 3.90. The highest BCUT2D eigenvalue weighted by Crippen LogP contribution is 2.29. The third-order valence-corrected chi connectivity index (χ3v) is 4.19. The molecule has 2 N–H and O–H groups in total. The van der Waals surface area contributed by atoms with Crippen LogP contribution < -0.4 is 5.32 Å². The maximum Gasteiger partial charge on any atom is 0.408 e. The van der Waals surface area contributed by atoms with E-state index in [0.29, 0.717) is 13.0 Å². The minimum atomic E-state index is -1.11. The van der Waals surface area contributed by atoms with Crippen molar-refractivity contribution in [3.8, 4) is 0 Å². The van der Waals surface area contributed by atoms with Gasteiger partial charge in [-0.1, -0.05) is 36.4 Å². The SMILES string of the molecule is C=CCC1C(NCc2ccccc2)CN(C(=O)O)C1C(=O)OC. The molecule has 6 nitrogen and oxygen atoms in total. The Labute approximate surface area is 135 Å². The van der Waals surface area contributed by atoms with Gasteiger partial charge in [0.1, 0.15) is 6.04 Å². The predicted octanol–water partition coefficient (Wildman–Crippen LogP) is 1.87. The molecular formula is C17H22N2O4. The number of methoxy groups -OCH3 is 1. The first-order valence-electron chi connectivity index (χ1n) is 7.54. The Morgan fingerprint density at radius 3 is 2.70 bits per heavy atom. The zero-order chi connectivity index (χ0) is 16.8. The van der Waals surface area contributed by atoms with Crippen molar-refractivity contribution in [2.24, 2.45) is 5.92 Å². The molecule has 0 bridgehead atoms. The van der Waals surface area contributed by atoms with Crippen LogP contribution >= 0.6 is 0 Å². The van der Waals surface area contributed by atoms with Gasteiger partial charge in [-0.2, -0.15) is 0 Å². The summed E-state index contributed by atoms with van der Waals surface area (Å²) >= 11 is 0. The van der Waals surface area contributed by atoms with Crippen molar-refractivity contribution in [1.82, 2.24) is 10.2 Å². The molecule has 124 valence electrons. The summed E-state index contributed by atoms with van der Waals surface area (Å²) in [7, 11) is 1.28. The van der Waals surface area contributed by atoms with E-state index in [2.05, 4.69) is 11.9 Å². The fourth-order valence-electron chi connectivity index (χ4n) is 3.08. The molecule has 0 aliphatic carbocycles. The van der Waals surface area contributed by atoms with Gasteiger partial charge in [-0.3, -0.25) is 4.90 Å². The van der Waals surface area contributed by atoms with Crippen LogP contribution in [0.25, 0.3) is 0 Å². The third-order valence-electron chi connectivity index (χ3n) is 4.19. The molecule has 1 aromatic rings. The number of carbonyl (C=O) groups excluding carboxylic acids is 1. The Morgan fingerprint density at radius 2 is 2.13 bits per heavy atom. The van der Waals surface area contributed by atoms with Crippen molar-refractivity contribution in [3.63, 3.8) is 0 Å². The molecule has 0 saturated carbocycles. The monoisotopic (exact) mass is 318 g/mol. The van der Waals surface area contributed by atoms with Crippen LogP contribution in [0.1, 0.15) is 12.0 Å². The van der Waals surface area contributed by atoms with Gasteiger partial charge in [0.2, 0.25) is 0 Å². The molecule has 0 spiro atoms. The van der Waals surface area contributed by atoms with E-state index in [-0.39, 0.29) is 18.5 Å². The summed E-state index contributed by atoms with van der Waals surface area (Å²) in [5.74, 6) is -0.719. The van der Waals surface area contributed by atoms with Crippen LogP contribution in [0.5, 0.6) is 0 Å². The lowest BCUT2D eigenvalue weighted by Gasteiger charge is -2.24. The standard InChI is InChI=1S/C17H22N2O4/c1-3-7-13-14(18-10-12-8-5-4-6-9-12)11-19(17(21)22)15(13)16(20)23-2/h3-6,8-9,13-15,18H,1,7,10-11H2,2H3,(H,21,22). The maximum atomic E-state index is 12.0. The summed E-state index contributed by atoms with van der Waals surface area (Å²) in [5, 5.41) is 12.7.